The standard InChI is InChI=1S/C14H16N2O2/c1-18-13-7-3-2-6-12(13)14(17)15-8-11-16-9-4-5-10-16/h2-7,9-10H,8,11H2,1H3,(H,15,17). The Balaban J connectivity index is 1.91. The highest BCUT2D eigenvalue weighted by Gasteiger charge is 2.10. The second-order valence-corrected chi connectivity index (χ2v) is 3.88. The second-order valence-electron chi connectivity index (χ2n) is 3.88. The topological polar surface area (TPSA) is 43.3 Å². The molecule has 1 aromatic heterocycles. The maximum atomic E-state index is 12.0. The van der Waals surface area contributed by atoms with Gasteiger partial charge in [0.05, 0.1) is 12.7 Å². The first-order valence-corrected chi connectivity index (χ1v) is 5.83. The Hall–Kier alpha value is -2.23. The summed E-state index contributed by atoms with van der Waals surface area (Å²) in [6.07, 6.45) is 3.94. The van der Waals surface area contributed by atoms with Crippen molar-refractivity contribution in [2.24, 2.45) is 0 Å². The molecule has 18 heavy (non-hydrogen) atoms. The minimum atomic E-state index is -0.111. The van der Waals surface area contributed by atoms with Crippen molar-refractivity contribution in [2.45, 2.75) is 6.54 Å². The van der Waals surface area contributed by atoms with E-state index < -0.39 is 0 Å². The van der Waals surface area contributed by atoms with Gasteiger partial charge in [-0.25, -0.2) is 0 Å². The highest BCUT2D eigenvalue weighted by atomic mass is 16.5. The normalized spacial score (nSPS) is 10.1. The molecule has 4 nitrogen and oxygen atoms in total. The largest absolute Gasteiger partial charge is 0.496 e. The third-order valence-corrected chi connectivity index (χ3v) is 2.67. The highest BCUT2D eigenvalue weighted by molar-refractivity contribution is 5.96. The Morgan fingerprint density at radius 1 is 1.22 bits per heavy atom. The molecule has 1 N–H and O–H groups in total. The van der Waals surface area contributed by atoms with E-state index >= 15 is 0 Å². The van der Waals surface area contributed by atoms with Gasteiger partial charge < -0.3 is 14.6 Å². The van der Waals surface area contributed by atoms with Crippen LogP contribution in [0, 0.1) is 0 Å². The van der Waals surface area contributed by atoms with Crippen molar-refractivity contribution in [3.8, 4) is 5.75 Å². The van der Waals surface area contributed by atoms with E-state index in [9.17, 15) is 4.79 Å². The van der Waals surface area contributed by atoms with Crippen LogP contribution in [0.3, 0.4) is 0 Å². The van der Waals surface area contributed by atoms with Crippen molar-refractivity contribution < 1.29 is 9.53 Å². The van der Waals surface area contributed by atoms with Gasteiger partial charge in [0.1, 0.15) is 5.75 Å². The summed E-state index contributed by atoms with van der Waals surface area (Å²) >= 11 is 0. The molecule has 94 valence electrons. The fourth-order valence-electron chi connectivity index (χ4n) is 1.75. The van der Waals surface area contributed by atoms with Gasteiger partial charge in [0, 0.05) is 25.5 Å². The summed E-state index contributed by atoms with van der Waals surface area (Å²) in [5.41, 5.74) is 0.563. The molecule has 0 spiro atoms. The maximum Gasteiger partial charge on any atom is 0.255 e. The number of para-hydroxylation sites is 1. The summed E-state index contributed by atoms with van der Waals surface area (Å²) in [6, 6.07) is 11.1. The van der Waals surface area contributed by atoms with E-state index in [0.717, 1.165) is 6.54 Å². The van der Waals surface area contributed by atoms with Crippen LogP contribution in [0.1, 0.15) is 10.4 Å². The van der Waals surface area contributed by atoms with E-state index in [0.29, 0.717) is 17.9 Å². The Labute approximate surface area is 106 Å². The number of amides is 1. The lowest BCUT2D eigenvalue weighted by Crippen LogP contribution is -2.27. The number of nitrogens with zero attached hydrogens (tertiary/aromatic N) is 1. The van der Waals surface area contributed by atoms with Crippen LogP contribution in [0.2, 0.25) is 0 Å². The van der Waals surface area contributed by atoms with Gasteiger partial charge in [-0.05, 0) is 24.3 Å². The van der Waals surface area contributed by atoms with Crippen molar-refractivity contribution in [1.29, 1.82) is 0 Å². The van der Waals surface area contributed by atoms with E-state index in [2.05, 4.69) is 5.32 Å². The number of hydrogen-bond acceptors (Lipinski definition) is 2. The number of nitrogens with one attached hydrogen (secondary N) is 1. The first kappa shape index (κ1) is 12.2. The van der Waals surface area contributed by atoms with E-state index in [1.807, 2.05) is 41.2 Å². The van der Waals surface area contributed by atoms with Crippen LogP contribution in [0.5, 0.6) is 5.75 Å². The van der Waals surface area contributed by atoms with Gasteiger partial charge in [0.25, 0.3) is 5.91 Å². The number of rotatable bonds is 5. The molecule has 0 radical (unpaired) electrons. The molecular formula is C14H16N2O2. The molecule has 2 rings (SSSR count). The number of carbonyl (C=O) groups is 1. The molecule has 0 saturated carbocycles. The van der Waals surface area contributed by atoms with E-state index in [1.165, 1.54) is 0 Å². The van der Waals surface area contributed by atoms with Crippen LogP contribution < -0.4 is 10.1 Å². The van der Waals surface area contributed by atoms with E-state index in [4.69, 9.17) is 4.74 Å². The molecular weight excluding hydrogens is 228 g/mol. The van der Waals surface area contributed by atoms with Crippen molar-refractivity contribution in [1.82, 2.24) is 9.88 Å². The predicted octanol–water partition coefficient (Wildman–Crippen LogP) is 1.93. The molecule has 0 saturated heterocycles. The lowest BCUT2D eigenvalue weighted by molar-refractivity contribution is 0.0949. The van der Waals surface area contributed by atoms with Crippen LogP contribution >= 0.6 is 0 Å². The SMILES string of the molecule is COc1ccccc1C(=O)NCCn1cccc1. The Morgan fingerprint density at radius 3 is 2.67 bits per heavy atom. The number of methoxy groups -OCH3 is 1. The Kier molecular flexibility index (Phi) is 4.02. The number of hydrogen-bond donors (Lipinski definition) is 1. The Bertz CT molecular complexity index is 506. The second kappa shape index (κ2) is 5.91. The molecule has 1 amide bonds. The van der Waals surface area contributed by atoms with Gasteiger partial charge in [-0.3, -0.25) is 4.79 Å². The van der Waals surface area contributed by atoms with Gasteiger partial charge in [-0.15, -0.1) is 0 Å². The van der Waals surface area contributed by atoms with Gasteiger partial charge in [-0.2, -0.15) is 0 Å². The zero-order chi connectivity index (χ0) is 12.8. The highest BCUT2D eigenvalue weighted by Crippen LogP contribution is 2.16. The molecule has 0 aliphatic rings. The maximum absolute atomic E-state index is 12.0. The van der Waals surface area contributed by atoms with Gasteiger partial charge in [0.15, 0.2) is 0 Å². The van der Waals surface area contributed by atoms with Crippen LogP contribution in [0.25, 0.3) is 0 Å². The molecule has 0 aliphatic carbocycles. The van der Waals surface area contributed by atoms with Crippen LogP contribution in [-0.2, 0) is 6.54 Å². The predicted molar refractivity (Wildman–Crippen MR) is 69.8 cm³/mol. The monoisotopic (exact) mass is 244 g/mol. The fourth-order valence-corrected chi connectivity index (χ4v) is 1.75. The first-order chi connectivity index (χ1) is 8.81. The average molecular weight is 244 g/mol. The number of ether oxygens (including phenoxy) is 1. The quantitative estimate of drug-likeness (QED) is 0.873. The molecule has 0 bridgehead atoms. The van der Waals surface area contributed by atoms with Gasteiger partial charge >= 0.3 is 0 Å². The van der Waals surface area contributed by atoms with Crippen molar-refractivity contribution in [3.05, 3.63) is 54.4 Å². The molecule has 0 atom stereocenters. The molecule has 0 unspecified atom stereocenters. The molecule has 1 heterocycles. The van der Waals surface area contributed by atoms with Crippen molar-refractivity contribution >= 4 is 5.91 Å². The summed E-state index contributed by atoms with van der Waals surface area (Å²) in [5.74, 6) is 0.482. The lowest BCUT2D eigenvalue weighted by Gasteiger charge is -2.09. The summed E-state index contributed by atoms with van der Waals surface area (Å²) < 4.78 is 7.17. The Morgan fingerprint density at radius 2 is 1.94 bits per heavy atom. The van der Waals surface area contributed by atoms with Crippen LogP contribution in [0.4, 0.5) is 0 Å². The summed E-state index contributed by atoms with van der Waals surface area (Å²) in [5, 5.41) is 2.87. The molecule has 0 fully saturated rings. The van der Waals surface area contributed by atoms with Crippen LogP contribution in [-0.4, -0.2) is 24.1 Å². The summed E-state index contributed by atoms with van der Waals surface area (Å²) in [6.45, 7) is 1.35. The van der Waals surface area contributed by atoms with Gasteiger partial charge in [-0.1, -0.05) is 12.1 Å². The zero-order valence-electron chi connectivity index (χ0n) is 10.3. The molecule has 2 aromatic rings. The van der Waals surface area contributed by atoms with E-state index in [1.54, 1.807) is 19.2 Å². The number of aromatic nitrogens is 1. The smallest absolute Gasteiger partial charge is 0.255 e. The number of carbonyl (C=O) groups excluding carboxylic acids is 1. The average Bonchev–Trinajstić information content (AvgIpc) is 2.91. The summed E-state index contributed by atoms with van der Waals surface area (Å²) in [7, 11) is 1.56. The molecule has 0 aliphatic heterocycles. The molecule has 1 aromatic carbocycles. The third kappa shape index (κ3) is 2.91. The minimum Gasteiger partial charge on any atom is -0.496 e. The summed E-state index contributed by atoms with van der Waals surface area (Å²) in [4.78, 5) is 12.0. The van der Waals surface area contributed by atoms with Crippen molar-refractivity contribution in [3.63, 3.8) is 0 Å². The fraction of sp³-hybridized carbons (Fsp3) is 0.214. The molecule has 4 heteroatoms. The third-order valence-electron chi connectivity index (χ3n) is 2.67. The van der Waals surface area contributed by atoms with Gasteiger partial charge in [0.2, 0.25) is 0 Å². The van der Waals surface area contributed by atoms with Crippen LogP contribution in [0.15, 0.2) is 48.8 Å². The lowest BCUT2D eigenvalue weighted by atomic mass is 10.2. The van der Waals surface area contributed by atoms with Crippen molar-refractivity contribution in [2.75, 3.05) is 13.7 Å². The minimum absolute atomic E-state index is 0.111. The number of benzene rings is 1. The van der Waals surface area contributed by atoms with E-state index in [-0.39, 0.29) is 5.91 Å². The zero-order valence-corrected chi connectivity index (χ0v) is 10.3. The first-order valence-electron chi connectivity index (χ1n) is 5.83.